The van der Waals surface area contributed by atoms with E-state index in [1.54, 1.807) is 35.9 Å². The highest BCUT2D eigenvalue weighted by atomic mass is 35.5. The van der Waals surface area contributed by atoms with Crippen molar-refractivity contribution in [3.05, 3.63) is 63.2 Å². The summed E-state index contributed by atoms with van der Waals surface area (Å²) in [4.78, 5) is 24.0. The zero-order valence-corrected chi connectivity index (χ0v) is 20.4. The van der Waals surface area contributed by atoms with Gasteiger partial charge in [0.25, 0.3) is 5.56 Å². The van der Waals surface area contributed by atoms with Crippen LogP contribution in [0.15, 0.2) is 46.2 Å². The maximum Gasteiger partial charge on any atom is 0.274 e. The SMILES string of the molecule is CN1CCc2c(cc(Nc3ncc(Cl)c(Nc4ccccc4S(=O)(=O)C4CC4)n3)c(=O)n2C)C1. The van der Waals surface area contributed by atoms with Gasteiger partial charge in [0.05, 0.1) is 22.0 Å². The highest BCUT2D eigenvalue weighted by molar-refractivity contribution is 7.92. The van der Waals surface area contributed by atoms with E-state index in [0.29, 0.717) is 24.2 Å². The molecule has 3 heterocycles. The van der Waals surface area contributed by atoms with Crippen molar-refractivity contribution in [2.24, 2.45) is 7.05 Å². The molecule has 1 saturated carbocycles. The Bertz CT molecular complexity index is 1440. The van der Waals surface area contributed by atoms with Crippen molar-refractivity contribution in [2.45, 2.75) is 36.0 Å². The third-order valence-corrected chi connectivity index (χ3v) is 8.79. The minimum absolute atomic E-state index is 0.169. The highest BCUT2D eigenvalue weighted by Crippen LogP contribution is 2.37. The molecule has 0 bridgehead atoms. The number of pyridine rings is 1. The number of anilines is 4. The molecule has 0 radical (unpaired) electrons. The summed E-state index contributed by atoms with van der Waals surface area (Å²) in [6, 6.07) is 8.54. The van der Waals surface area contributed by atoms with Gasteiger partial charge in [0.2, 0.25) is 5.95 Å². The van der Waals surface area contributed by atoms with E-state index in [1.807, 2.05) is 13.1 Å². The minimum atomic E-state index is -3.42. The molecule has 0 unspecified atom stereocenters. The zero-order chi connectivity index (χ0) is 24.0. The summed E-state index contributed by atoms with van der Waals surface area (Å²) in [5.74, 6) is 0.419. The van der Waals surface area contributed by atoms with Crippen LogP contribution in [0.25, 0.3) is 0 Å². The predicted octanol–water partition coefficient (Wildman–Crippen LogP) is 3.24. The van der Waals surface area contributed by atoms with E-state index < -0.39 is 9.84 Å². The fraction of sp³-hybridized carbons (Fsp3) is 0.348. The molecule has 1 aromatic carbocycles. The smallest absolute Gasteiger partial charge is 0.274 e. The Hall–Kier alpha value is -2.95. The maximum absolute atomic E-state index is 12.9. The van der Waals surface area contributed by atoms with Crippen LogP contribution >= 0.6 is 11.6 Å². The average Bonchev–Trinajstić information content (AvgIpc) is 3.66. The molecule has 2 aromatic heterocycles. The standard InChI is InChI=1S/C23H25ClN6O3S/c1-29-10-9-19-14(13-29)11-18(22(31)30(19)2)27-23-25-12-16(24)21(28-23)26-17-5-3-4-6-20(17)34(32,33)15-7-8-15/h3-6,11-12,15H,7-10,13H2,1-2H3,(H2,25,26,27,28). The molecule has 3 aromatic rings. The Morgan fingerprint density at radius 2 is 1.88 bits per heavy atom. The number of sulfone groups is 1. The average molecular weight is 501 g/mol. The van der Waals surface area contributed by atoms with Gasteiger partial charge in [-0.05, 0) is 43.7 Å². The second-order valence-corrected chi connectivity index (χ2v) is 11.4. The molecule has 0 spiro atoms. The lowest BCUT2D eigenvalue weighted by Gasteiger charge is -2.27. The van der Waals surface area contributed by atoms with Crippen LogP contribution in [0, 0.1) is 0 Å². The molecule has 9 nitrogen and oxygen atoms in total. The number of halogens is 1. The summed E-state index contributed by atoms with van der Waals surface area (Å²) in [6.07, 6.45) is 3.56. The lowest BCUT2D eigenvalue weighted by molar-refractivity contribution is 0.306. The summed E-state index contributed by atoms with van der Waals surface area (Å²) >= 11 is 6.32. The van der Waals surface area contributed by atoms with Gasteiger partial charge in [0, 0.05) is 32.3 Å². The Kier molecular flexibility index (Phi) is 5.83. The van der Waals surface area contributed by atoms with Crippen LogP contribution in [-0.2, 0) is 29.9 Å². The molecule has 1 fully saturated rings. The topological polar surface area (TPSA) is 109 Å². The van der Waals surface area contributed by atoms with E-state index in [2.05, 4.69) is 25.5 Å². The largest absolute Gasteiger partial charge is 0.338 e. The molecular weight excluding hydrogens is 476 g/mol. The van der Waals surface area contributed by atoms with Crippen LogP contribution in [0.5, 0.6) is 0 Å². The third kappa shape index (κ3) is 4.28. The maximum atomic E-state index is 12.9. The minimum Gasteiger partial charge on any atom is -0.338 e. The van der Waals surface area contributed by atoms with E-state index in [-0.39, 0.29) is 32.5 Å². The van der Waals surface area contributed by atoms with Crippen LogP contribution in [0.1, 0.15) is 24.1 Å². The van der Waals surface area contributed by atoms with Gasteiger partial charge in [0.1, 0.15) is 10.7 Å². The van der Waals surface area contributed by atoms with Gasteiger partial charge in [-0.25, -0.2) is 13.4 Å². The van der Waals surface area contributed by atoms with Gasteiger partial charge < -0.3 is 20.1 Å². The number of rotatable bonds is 6. The molecule has 0 saturated heterocycles. The molecule has 34 heavy (non-hydrogen) atoms. The third-order valence-electron chi connectivity index (χ3n) is 6.20. The fourth-order valence-electron chi connectivity index (χ4n) is 4.20. The summed E-state index contributed by atoms with van der Waals surface area (Å²) in [6.45, 7) is 1.65. The number of fused-ring (bicyclic) bond motifs is 1. The monoisotopic (exact) mass is 500 g/mol. The van der Waals surface area contributed by atoms with Crippen LogP contribution in [0.2, 0.25) is 5.02 Å². The van der Waals surface area contributed by atoms with Crippen molar-refractivity contribution in [1.29, 1.82) is 0 Å². The van der Waals surface area contributed by atoms with Crippen LogP contribution in [0.3, 0.4) is 0 Å². The second kappa shape index (κ2) is 8.68. The van der Waals surface area contributed by atoms with E-state index >= 15 is 0 Å². The number of nitrogens with zero attached hydrogens (tertiary/aromatic N) is 4. The van der Waals surface area contributed by atoms with Crippen LogP contribution in [-0.4, -0.2) is 46.7 Å². The summed E-state index contributed by atoms with van der Waals surface area (Å²) in [5, 5.41) is 5.94. The molecular formula is C23H25ClN6O3S. The number of likely N-dealkylation sites (N-methyl/N-ethyl adjacent to an activating group) is 1. The number of aromatic nitrogens is 3. The second-order valence-electron chi connectivity index (χ2n) is 8.76. The van der Waals surface area contributed by atoms with E-state index in [0.717, 1.165) is 30.8 Å². The molecule has 11 heteroatoms. The quantitative estimate of drug-likeness (QED) is 0.531. The number of hydrogen-bond donors (Lipinski definition) is 2. The number of para-hydroxylation sites is 1. The molecule has 1 aliphatic heterocycles. The first kappa shape index (κ1) is 22.8. The molecule has 5 rings (SSSR count). The first-order valence-electron chi connectivity index (χ1n) is 11.0. The van der Waals surface area contributed by atoms with Crippen molar-refractivity contribution in [3.63, 3.8) is 0 Å². The summed E-state index contributed by atoms with van der Waals surface area (Å²) in [7, 11) is 0.388. The Morgan fingerprint density at radius 1 is 1.12 bits per heavy atom. The molecule has 178 valence electrons. The summed E-state index contributed by atoms with van der Waals surface area (Å²) in [5.41, 5.74) is 2.69. The Labute approximate surface area is 202 Å². The lowest BCUT2D eigenvalue weighted by Crippen LogP contribution is -2.33. The van der Waals surface area contributed by atoms with Crippen molar-refractivity contribution >= 4 is 44.6 Å². The van der Waals surface area contributed by atoms with Crippen molar-refractivity contribution in [1.82, 2.24) is 19.4 Å². The van der Waals surface area contributed by atoms with Gasteiger partial charge in [-0.15, -0.1) is 0 Å². The zero-order valence-electron chi connectivity index (χ0n) is 18.9. The van der Waals surface area contributed by atoms with E-state index in [1.165, 1.54) is 6.20 Å². The van der Waals surface area contributed by atoms with Crippen molar-refractivity contribution in [2.75, 3.05) is 24.2 Å². The number of benzene rings is 1. The molecule has 0 atom stereocenters. The highest BCUT2D eigenvalue weighted by Gasteiger charge is 2.38. The first-order valence-corrected chi connectivity index (χ1v) is 13.0. The van der Waals surface area contributed by atoms with Gasteiger partial charge in [-0.1, -0.05) is 23.7 Å². The van der Waals surface area contributed by atoms with Gasteiger partial charge >= 0.3 is 0 Å². The van der Waals surface area contributed by atoms with E-state index in [4.69, 9.17) is 11.6 Å². The van der Waals surface area contributed by atoms with Gasteiger partial charge in [-0.2, -0.15) is 4.98 Å². The summed E-state index contributed by atoms with van der Waals surface area (Å²) < 4.78 is 27.4. The molecule has 2 N–H and O–H groups in total. The Morgan fingerprint density at radius 3 is 2.65 bits per heavy atom. The number of nitrogens with one attached hydrogen (secondary N) is 2. The van der Waals surface area contributed by atoms with Crippen LogP contribution < -0.4 is 16.2 Å². The fourth-order valence-corrected chi connectivity index (χ4v) is 6.15. The predicted molar refractivity (Wildman–Crippen MR) is 132 cm³/mol. The normalized spacial score (nSPS) is 16.2. The molecule has 1 aliphatic carbocycles. The van der Waals surface area contributed by atoms with Gasteiger partial charge in [-0.3, -0.25) is 4.79 Å². The number of hydrogen-bond acceptors (Lipinski definition) is 8. The molecule has 0 amide bonds. The van der Waals surface area contributed by atoms with Crippen molar-refractivity contribution < 1.29 is 8.42 Å². The Balaban J connectivity index is 1.46. The van der Waals surface area contributed by atoms with Gasteiger partial charge in [0.15, 0.2) is 15.7 Å². The van der Waals surface area contributed by atoms with Crippen molar-refractivity contribution in [3.8, 4) is 0 Å². The first-order chi connectivity index (χ1) is 16.2. The lowest BCUT2D eigenvalue weighted by atomic mass is 10.1. The van der Waals surface area contributed by atoms with E-state index in [9.17, 15) is 13.2 Å². The molecule has 2 aliphatic rings. The van der Waals surface area contributed by atoms with Crippen LogP contribution in [0.4, 0.5) is 23.1 Å².